The molecule has 0 spiro atoms. The van der Waals surface area contributed by atoms with Crippen LogP contribution in [0.25, 0.3) is 0 Å². The molecule has 2 aliphatic rings. The van der Waals surface area contributed by atoms with Crippen LogP contribution in [0.15, 0.2) is 12.2 Å². The molecule has 0 bridgehead atoms. The van der Waals surface area contributed by atoms with Crippen LogP contribution < -0.4 is 0 Å². The minimum absolute atomic E-state index is 0.285. The average molecular weight is 252 g/mol. The molecule has 1 fully saturated rings. The number of halogens is 2. The molecule has 0 heterocycles. The van der Waals surface area contributed by atoms with Crippen LogP contribution in [0.2, 0.25) is 0 Å². The second kappa shape index (κ2) is 1.85. The molecule has 2 heteroatoms. The van der Waals surface area contributed by atoms with E-state index in [0.29, 0.717) is 0 Å². The molecule has 50 valence electrons. The summed E-state index contributed by atoms with van der Waals surface area (Å²) in [5.41, 5.74) is 0. The summed E-state index contributed by atoms with van der Waals surface area (Å²) in [6.45, 7) is 0. The Bertz CT molecular complexity index is 160. The summed E-state index contributed by atoms with van der Waals surface area (Å²) in [5, 5.41) is 0. The molecule has 2 rings (SSSR count). The van der Waals surface area contributed by atoms with Gasteiger partial charge in [-0.3, -0.25) is 0 Å². The monoisotopic (exact) mass is 250 g/mol. The van der Waals surface area contributed by atoms with Crippen LogP contribution in [0.5, 0.6) is 0 Å². The van der Waals surface area contributed by atoms with Crippen LogP contribution in [0.3, 0.4) is 0 Å². The van der Waals surface area contributed by atoms with Gasteiger partial charge in [0.15, 0.2) is 0 Å². The first kappa shape index (κ1) is 6.41. The standard InChI is InChI=1S/C7H8Br2/c8-7(9)5-3-1-2-4-6(5)7/h1,3,5-6H,2,4H2. The lowest BCUT2D eigenvalue weighted by Gasteiger charge is -1.96. The second-order valence-electron chi connectivity index (χ2n) is 2.81. The Morgan fingerprint density at radius 3 is 2.67 bits per heavy atom. The third-order valence-corrected chi connectivity index (χ3v) is 4.48. The van der Waals surface area contributed by atoms with Gasteiger partial charge in [-0.15, -0.1) is 0 Å². The molecule has 1 saturated carbocycles. The highest BCUT2D eigenvalue weighted by molar-refractivity contribution is 9.25. The molecule has 0 aromatic carbocycles. The zero-order valence-electron chi connectivity index (χ0n) is 4.98. The lowest BCUT2D eigenvalue weighted by Crippen LogP contribution is -1.86. The van der Waals surface area contributed by atoms with Crippen molar-refractivity contribution in [3.05, 3.63) is 12.2 Å². The summed E-state index contributed by atoms with van der Waals surface area (Å²) in [6.07, 6.45) is 7.21. The summed E-state index contributed by atoms with van der Waals surface area (Å²) >= 11 is 7.29. The Kier molecular flexibility index (Phi) is 1.32. The Labute approximate surface area is 72.0 Å². The first-order valence-electron chi connectivity index (χ1n) is 3.27. The van der Waals surface area contributed by atoms with Crippen molar-refractivity contribution < 1.29 is 0 Å². The van der Waals surface area contributed by atoms with E-state index < -0.39 is 0 Å². The molecule has 0 nitrogen and oxygen atoms in total. The molecular weight excluding hydrogens is 244 g/mol. The number of allylic oxidation sites excluding steroid dienone is 2. The van der Waals surface area contributed by atoms with Crippen LogP contribution >= 0.6 is 31.9 Å². The van der Waals surface area contributed by atoms with Crippen molar-refractivity contribution in [2.45, 2.75) is 16.1 Å². The average Bonchev–Trinajstić information content (AvgIpc) is 2.39. The van der Waals surface area contributed by atoms with Crippen LogP contribution in [0.1, 0.15) is 12.8 Å². The third kappa shape index (κ3) is 0.829. The number of rotatable bonds is 0. The number of fused-ring (bicyclic) bond motifs is 1. The van der Waals surface area contributed by atoms with Gasteiger partial charge in [-0.2, -0.15) is 0 Å². The Morgan fingerprint density at radius 1 is 1.44 bits per heavy atom. The van der Waals surface area contributed by atoms with Crippen molar-refractivity contribution in [3.8, 4) is 0 Å². The minimum atomic E-state index is 0.285. The third-order valence-electron chi connectivity index (χ3n) is 2.25. The molecule has 0 amide bonds. The second-order valence-corrected chi connectivity index (χ2v) is 6.50. The minimum Gasteiger partial charge on any atom is -0.0882 e. The predicted octanol–water partition coefficient (Wildman–Crippen LogP) is 3.07. The molecule has 2 aliphatic carbocycles. The Balaban J connectivity index is 2.19. The quantitative estimate of drug-likeness (QED) is 0.459. The summed E-state index contributed by atoms with van der Waals surface area (Å²) in [7, 11) is 0. The fourth-order valence-electron chi connectivity index (χ4n) is 1.57. The Morgan fingerprint density at radius 2 is 2.22 bits per heavy atom. The van der Waals surface area contributed by atoms with Crippen molar-refractivity contribution >= 4 is 31.9 Å². The van der Waals surface area contributed by atoms with Gasteiger partial charge in [0, 0.05) is 5.92 Å². The van der Waals surface area contributed by atoms with Crippen LogP contribution in [0, 0.1) is 11.8 Å². The van der Waals surface area contributed by atoms with Gasteiger partial charge in [0.05, 0.1) is 3.23 Å². The van der Waals surface area contributed by atoms with E-state index in [2.05, 4.69) is 44.0 Å². The van der Waals surface area contributed by atoms with Gasteiger partial charge < -0.3 is 0 Å². The highest BCUT2D eigenvalue weighted by atomic mass is 79.9. The fourth-order valence-corrected chi connectivity index (χ4v) is 3.28. The Hall–Kier alpha value is 0.700. The van der Waals surface area contributed by atoms with E-state index in [1.165, 1.54) is 12.8 Å². The summed E-state index contributed by atoms with van der Waals surface area (Å²) in [6, 6.07) is 0. The van der Waals surface area contributed by atoms with E-state index in [1.807, 2.05) is 0 Å². The van der Waals surface area contributed by atoms with Crippen LogP contribution in [-0.2, 0) is 0 Å². The lowest BCUT2D eigenvalue weighted by atomic mass is 10.1. The fraction of sp³-hybridized carbons (Fsp3) is 0.714. The van der Waals surface area contributed by atoms with Gasteiger partial charge in [-0.1, -0.05) is 44.0 Å². The van der Waals surface area contributed by atoms with E-state index in [4.69, 9.17) is 0 Å². The molecule has 0 aromatic heterocycles. The van der Waals surface area contributed by atoms with E-state index in [0.717, 1.165) is 11.8 Å². The summed E-state index contributed by atoms with van der Waals surface area (Å²) < 4.78 is 0.285. The highest BCUT2D eigenvalue weighted by Crippen LogP contribution is 2.65. The van der Waals surface area contributed by atoms with Crippen LogP contribution in [-0.4, -0.2) is 3.23 Å². The van der Waals surface area contributed by atoms with Gasteiger partial charge in [0.2, 0.25) is 0 Å². The smallest absolute Gasteiger partial charge is 0.0882 e. The van der Waals surface area contributed by atoms with Crippen molar-refractivity contribution in [2.75, 3.05) is 0 Å². The molecule has 2 atom stereocenters. The molecule has 9 heavy (non-hydrogen) atoms. The maximum absolute atomic E-state index is 3.64. The van der Waals surface area contributed by atoms with Crippen molar-refractivity contribution in [1.29, 1.82) is 0 Å². The number of hydrogen-bond donors (Lipinski definition) is 0. The van der Waals surface area contributed by atoms with Gasteiger partial charge in [0.1, 0.15) is 0 Å². The molecular formula is C7H8Br2. The van der Waals surface area contributed by atoms with Crippen molar-refractivity contribution in [2.24, 2.45) is 11.8 Å². The van der Waals surface area contributed by atoms with E-state index in [1.54, 1.807) is 0 Å². The predicted molar refractivity (Wildman–Crippen MR) is 45.9 cm³/mol. The number of alkyl halides is 2. The van der Waals surface area contributed by atoms with E-state index in [-0.39, 0.29) is 3.23 Å². The van der Waals surface area contributed by atoms with Gasteiger partial charge in [0.25, 0.3) is 0 Å². The van der Waals surface area contributed by atoms with Gasteiger partial charge >= 0.3 is 0 Å². The zero-order chi connectivity index (χ0) is 6.48. The van der Waals surface area contributed by atoms with Gasteiger partial charge in [-0.05, 0) is 18.8 Å². The normalized spacial score (nSPS) is 44.2. The molecule has 0 saturated heterocycles. The molecule has 2 unspecified atom stereocenters. The van der Waals surface area contributed by atoms with E-state index in [9.17, 15) is 0 Å². The molecule has 0 radical (unpaired) electrons. The van der Waals surface area contributed by atoms with Crippen molar-refractivity contribution in [1.82, 2.24) is 0 Å². The molecule has 0 aromatic rings. The largest absolute Gasteiger partial charge is 0.0905 e. The zero-order valence-corrected chi connectivity index (χ0v) is 8.15. The maximum Gasteiger partial charge on any atom is 0.0905 e. The van der Waals surface area contributed by atoms with Crippen LogP contribution in [0.4, 0.5) is 0 Å². The highest BCUT2D eigenvalue weighted by Gasteiger charge is 2.60. The maximum atomic E-state index is 3.64. The SMILES string of the molecule is BrC1(Br)C2C=CCCC21. The van der Waals surface area contributed by atoms with E-state index >= 15 is 0 Å². The lowest BCUT2D eigenvalue weighted by molar-refractivity contribution is 0.682. The molecule has 0 aliphatic heterocycles. The van der Waals surface area contributed by atoms with Gasteiger partial charge in [-0.25, -0.2) is 0 Å². The summed E-state index contributed by atoms with van der Waals surface area (Å²) in [5.74, 6) is 1.63. The topological polar surface area (TPSA) is 0 Å². The first-order valence-corrected chi connectivity index (χ1v) is 4.86. The summed E-state index contributed by atoms with van der Waals surface area (Å²) in [4.78, 5) is 0. The first-order chi connectivity index (χ1) is 4.23. The number of hydrogen-bond acceptors (Lipinski definition) is 0. The van der Waals surface area contributed by atoms with Crippen molar-refractivity contribution in [3.63, 3.8) is 0 Å². The molecule has 0 N–H and O–H groups in total.